The number of rotatable bonds is 4. The maximum atomic E-state index is 2.42. The van der Waals surface area contributed by atoms with Crippen molar-refractivity contribution in [3.63, 3.8) is 0 Å². The molecule has 0 aromatic heterocycles. The van der Waals surface area contributed by atoms with Gasteiger partial charge in [0, 0.05) is 0 Å². The van der Waals surface area contributed by atoms with Crippen LogP contribution in [0.3, 0.4) is 0 Å². The van der Waals surface area contributed by atoms with Crippen LogP contribution in [0.5, 0.6) is 0 Å². The van der Waals surface area contributed by atoms with Gasteiger partial charge in [-0.05, 0) is 113 Å². The Morgan fingerprint density at radius 1 is 0.239 bits per heavy atom. The van der Waals surface area contributed by atoms with Crippen LogP contribution in [-0.2, 0) is 21.7 Å². The Morgan fingerprint density at radius 2 is 0.500 bits per heavy atom. The molecule has 0 saturated carbocycles. The zero-order chi connectivity index (χ0) is 33.7. The Labute approximate surface area is 279 Å². The van der Waals surface area contributed by atoms with E-state index in [1.165, 1.54) is 66.8 Å². The van der Waals surface area contributed by atoms with E-state index in [4.69, 9.17) is 0 Å². The molecule has 0 aliphatic heterocycles. The van der Waals surface area contributed by atoms with Crippen molar-refractivity contribution in [3.8, 4) is 44.5 Å². The zero-order valence-electron chi connectivity index (χ0n) is 30.4. The molecule has 0 radical (unpaired) electrons. The van der Waals surface area contributed by atoms with Gasteiger partial charge in [0.05, 0.1) is 0 Å². The fourth-order valence-electron chi connectivity index (χ4n) is 5.96. The van der Waals surface area contributed by atoms with E-state index in [0.717, 1.165) is 0 Å². The van der Waals surface area contributed by atoms with Gasteiger partial charge in [0.2, 0.25) is 0 Å². The predicted molar refractivity (Wildman–Crippen MR) is 203 cm³/mol. The molecule has 5 rings (SSSR count). The van der Waals surface area contributed by atoms with E-state index < -0.39 is 0 Å². The summed E-state index contributed by atoms with van der Waals surface area (Å²) in [6, 6.07) is 41.5. The van der Waals surface area contributed by atoms with E-state index in [1.54, 1.807) is 0 Å². The van der Waals surface area contributed by atoms with Crippen LogP contribution in [-0.4, -0.2) is 0 Å². The first-order chi connectivity index (χ1) is 21.3. The SMILES string of the molecule is CC(C)(C)c1cc(-c2cc(-c3cccc(-c4ccccc4)c3)cc(-c3cc(C(C)(C)C)cc(C(C)(C)C)c3)c2)cc(C(C)(C)C)c1. The lowest BCUT2D eigenvalue weighted by molar-refractivity contribution is 0.568. The van der Waals surface area contributed by atoms with Crippen LogP contribution in [0.25, 0.3) is 44.5 Å². The molecule has 0 N–H and O–H groups in total. The van der Waals surface area contributed by atoms with E-state index in [2.05, 4.69) is 192 Å². The molecule has 0 aliphatic rings. The molecule has 0 fully saturated rings. The Hall–Kier alpha value is -3.90. The first-order valence-corrected chi connectivity index (χ1v) is 16.9. The molecule has 0 saturated heterocycles. The standard InChI is InChI=1S/C46H54/c1-43(2,3)39-25-37(26-40(29-39)44(4,5)6)35-22-34(33-20-16-19-32(21-33)31-17-14-13-15-18-31)23-36(24-35)38-27-41(45(7,8)9)30-42(28-38)46(10,11)12/h13-30H,1-12H3. The van der Waals surface area contributed by atoms with Crippen LogP contribution >= 0.6 is 0 Å². The van der Waals surface area contributed by atoms with Crippen LogP contribution in [0.2, 0.25) is 0 Å². The zero-order valence-corrected chi connectivity index (χ0v) is 30.4. The normalized spacial score (nSPS) is 12.8. The van der Waals surface area contributed by atoms with Crippen LogP contribution in [0, 0.1) is 0 Å². The highest BCUT2D eigenvalue weighted by molar-refractivity contribution is 5.83. The molecule has 0 heterocycles. The molecule has 5 aromatic rings. The largest absolute Gasteiger partial charge is 0.0622 e. The molecule has 0 bridgehead atoms. The lowest BCUT2D eigenvalue weighted by atomic mass is 9.78. The van der Waals surface area contributed by atoms with Crippen molar-refractivity contribution in [3.05, 3.63) is 131 Å². The summed E-state index contributed by atoms with van der Waals surface area (Å²) in [5, 5.41) is 0. The Bertz CT molecular complexity index is 1680. The van der Waals surface area contributed by atoms with Gasteiger partial charge in [0.15, 0.2) is 0 Å². The van der Waals surface area contributed by atoms with E-state index in [1.807, 2.05) is 0 Å². The molecule has 46 heavy (non-hydrogen) atoms. The highest BCUT2D eigenvalue weighted by Crippen LogP contribution is 2.40. The van der Waals surface area contributed by atoms with E-state index in [-0.39, 0.29) is 21.7 Å². The summed E-state index contributed by atoms with van der Waals surface area (Å²) in [6.07, 6.45) is 0. The van der Waals surface area contributed by atoms with Crippen molar-refractivity contribution in [2.75, 3.05) is 0 Å². The number of hydrogen-bond acceptors (Lipinski definition) is 0. The topological polar surface area (TPSA) is 0 Å². The van der Waals surface area contributed by atoms with Crippen molar-refractivity contribution in [2.24, 2.45) is 0 Å². The van der Waals surface area contributed by atoms with Gasteiger partial charge in [-0.15, -0.1) is 0 Å². The minimum atomic E-state index is 0.0448. The summed E-state index contributed by atoms with van der Waals surface area (Å²) in [6.45, 7) is 27.9. The first-order valence-electron chi connectivity index (χ1n) is 16.9. The minimum absolute atomic E-state index is 0.0448. The number of benzene rings is 5. The molecule has 0 nitrogen and oxygen atoms in total. The van der Waals surface area contributed by atoms with Crippen LogP contribution in [0.1, 0.15) is 105 Å². The van der Waals surface area contributed by atoms with E-state index in [9.17, 15) is 0 Å². The molecular formula is C46H54. The quantitative estimate of drug-likeness (QED) is 0.191. The Kier molecular flexibility index (Phi) is 8.76. The first kappa shape index (κ1) is 33.5. The summed E-state index contributed by atoms with van der Waals surface area (Å²) in [5.41, 5.74) is 15.7. The summed E-state index contributed by atoms with van der Waals surface area (Å²) in [5.74, 6) is 0. The summed E-state index contributed by atoms with van der Waals surface area (Å²) < 4.78 is 0. The predicted octanol–water partition coefficient (Wildman–Crippen LogP) is 13.5. The minimum Gasteiger partial charge on any atom is -0.0622 e. The highest BCUT2D eigenvalue weighted by Gasteiger charge is 2.23. The molecule has 0 atom stereocenters. The molecule has 0 heteroatoms. The maximum absolute atomic E-state index is 2.42. The summed E-state index contributed by atoms with van der Waals surface area (Å²) in [4.78, 5) is 0. The third kappa shape index (κ3) is 7.55. The van der Waals surface area contributed by atoms with Gasteiger partial charge in [0.25, 0.3) is 0 Å². The molecule has 0 spiro atoms. The Morgan fingerprint density at radius 3 is 0.848 bits per heavy atom. The summed E-state index contributed by atoms with van der Waals surface area (Å²) >= 11 is 0. The Balaban J connectivity index is 1.81. The van der Waals surface area contributed by atoms with Gasteiger partial charge < -0.3 is 0 Å². The van der Waals surface area contributed by atoms with Gasteiger partial charge in [-0.1, -0.05) is 168 Å². The van der Waals surface area contributed by atoms with Crippen LogP contribution in [0.4, 0.5) is 0 Å². The third-order valence-corrected chi connectivity index (χ3v) is 9.23. The fraction of sp³-hybridized carbons (Fsp3) is 0.348. The average molecular weight is 607 g/mol. The average Bonchev–Trinajstić information content (AvgIpc) is 2.99. The van der Waals surface area contributed by atoms with Crippen molar-refractivity contribution in [1.82, 2.24) is 0 Å². The van der Waals surface area contributed by atoms with E-state index in [0.29, 0.717) is 0 Å². The second-order valence-corrected chi connectivity index (χ2v) is 17.3. The molecular weight excluding hydrogens is 553 g/mol. The van der Waals surface area contributed by atoms with Gasteiger partial charge in [-0.25, -0.2) is 0 Å². The smallest absolute Gasteiger partial charge is 0.0132 e. The second-order valence-electron chi connectivity index (χ2n) is 17.3. The summed E-state index contributed by atoms with van der Waals surface area (Å²) in [7, 11) is 0. The highest BCUT2D eigenvalue weighted by atomic mass is 14.3. The van der Waals surface area contributed by atoms with Crippen molar-refractivity contribution in [1.29, 1.82) is 0 Å². The molecule has 5 aromatic carbocycles. The molecule has 238 valence electrons. The van der Waals surface area contributed by atoms with Gasteiger partial charge in [-0.2, -0.15) is 0 Å². The monoisotopic (exact) mass is 606 g/mol. The lowest BCUT2D eigenvalue weighted by Gasteiger charge is -2.27. The number of hydrogen-bond donors (Lipinski definition) is 0. The second kappa shape index (κ2) is 12.0. The van der Waals surface area contributed by atoms with Crippen molar-refractivity contribution >= 4 is 0 Å². The lowest BCUT2D eigenvalue weighted by Crippen LogP contribution is -2.16. The maximum Gasteiger partial charge on any atom is -0.0132 e. The molecule has 0 aliphatic carbocycles. The third-order valence-electron chi connectivity index (χ3n) is 9.23. The van der Waals surface area contributed by atoms with Crippen molar-refractivity contribution in [2.45, 2.75) is 105 Å². The van der Waals surface area contributed by atoms with Gasteiger partial charge >= 0.3 is 0 Å². The molecule has 0 amide bonds. The van der Waals surface area contributed by atoms with Gasteiger partial charge in [-0.3, -0.25) is 0 Å². The molecule has 0 unspecified atom stereocenters. The van der Waals surface area contributed by atoms with Crippen LogP contribution < -0.4 is 0 Å². The van der Waals surface area contributed by atoms with E-state index >= 15 is 0 Å². The van der Waals surface area contributed by atoms with Crippen LogP contribution in [0.15, 0.2) is 109 Å². The van der Waals surface area contributed by atoms with Gasteiger partial charge in [0.1, 0.15) is 0 Å². The van der Waals surface area contributed by atoms with Crippen molar-refractivity contribution < 1.29 is 0 Å². The fourth-order valence-corrected chi connectivity index (χ4v) is 5.96.